The molecule has 1 aliphatic rings. The van der Waals surface area contributed by atoms with Crippen molar-refractivity contribution in [3.8, 4) is 0 Å². The molecule has 0 aliphatic carbocycles. The highest BCUT2D eigenvalue weighted by atomic mass is 16.2. The zero-order valence-corrected chi connectivity index (χ0v) is 16.0. The Morgan fingerprint density at radius 1 is 1.07 bits per heavy atom. The van der Waals surface area contributed by atoms with E-state index in [-0.39, 0.29) is 17.9 Å². The van der Waals surface area contributed by atoms with Crippen LogP contribution in [0.4, 0.5) is 0 Å². The smallest absolute Gasteiger partial charge is 0.245 e. The highest BCUT2D eigenvalue weighted by Gasteiger charge is 2.38. The number of likely N-dealkylation sites (tertiary alicyclic amines) is 1. The molecule has 5 heteroatoms. The number of amides is 2. The van der Waals surface area contributed by atoms with E-state index in [1.807, 2.05) is 79.7 Å². The van der Waals surface area contributed by atoms with Gasteiger partial charge in [-0.15, -0.1) is 0 Å². The third kappa shape index (κ3) is 4.55. The number of hydrogen-bond donors (Lipinski definition) is 1. The van der Waals surface area contributed by atoms with Gasteiger partial charge in [-0.25, -0.2) is 0 Å². The summed E-state index contributed by atoms with van der Waals surface area (Å²) in [5.74, 6) is -0.0844. The van der Waals surface area contributed by atoms with Crippen molar-refractivity contribution in [2.75, 3.05) is 20.6 Å². The second-order valence-corrected chi connectivity index (χ2v) is 7.17. The fourth-order valence-corrected chi connectivity index (χ4v) is 3.66. The van der Waals surface area contributed by atoms with Crippen LogP contribution in [0.15, 0.2) is 60.7 Å². The van der Waals surface area contributed by atoms with Gasteiger partial charge in [0.2, 0.25) is 11.8 Å². The molecule has 0 spiro atoms. The molecule has 0 radical (unpaired) electrons. The Labute approximate surface area is 161 Å². The standard InChI is InChI=1S/C22H27N3O2/c1-24(2)20(18-12-7-4-8-13-18)22(27)25-15-9-14-19(25)21(26)23-16-17-10-5-3-6-11-17/h3-8,10-13,19-20H,9,14-16H2,1-2H3,(H,23,26). The number of nitrogens with zero attached hydrogens (tertiary/aromatic N) is 2. The van der Waals surface area contributed by atoms with Crippen LogP contribution in [0.3, 0.4) is 0 Å². The molecule has 142 valence electrons. The van der Waals surface area contributed by atoms with Gasteiger partial charge in [0.25, 0.3) is 0 Å². The molecule has 3 rings (SSSR count). The largest absolute Gasteiger partial charge is 0.350 e. The summed E-state index contributed by atoms with van der Waals surface area (Å²) in [7, 11) is 3.80. The molecule has 1 N–H and O–H groups in total. The van der Waals surface area contributed by atoms with Crippen LogP contribution in [0.25, 0.3) is 0 Å². The molecule has 2 unspecified atom stereocenters. The Balaban J connectivity index is 1.70. The van der Waals surface area contributed by atoms with Crippen molar-refractivity contribution in [3.63, 3.8) is 0 Å². The lowest BCUT2D eigenvalue weighted by Gasteiger charge is -2.31. The van der Waals surface area contributed by atoms with Gasteiger partial charge in [0.15, 0.2) is 0 Å². The molecule has 2 aromatic rings. The fourth-order valence-electron chi connectivity index (χ4n) is 3.66. The van der Waals surface area contributed by atoms with Crippen molar-refractivity contribution in [2.45, 2.75) is 31.5 Å². The molecule has 1 aliphatic heterocycles. The van der Waals surface area contributed by atoms with E-state index in [2.05, 4.69) is 5.32 Å². The second kappa shape index (κ2) is 8.82. The molecular formula is C22H27N3O2. The molecule has 1 saturated heterocycles. The van der Waals surface area contributed by atoms with E-state index < -0.39 is 6.04 Å². The lowest BCUT2D eigenvalue weighted by molar-refractivity contribution is -0.142. The normalized spacial score (nSPS) is 17.7. The maximum Gasteiger partial charge on any atom is 0.245 e. The Kier molecular flexibility index (Phi) is 6.24. The van der Waals surface area contributed by atoms with Crippen molar-refractivity contribution in [3.05, 3.63) is 71.8 Å². The number of nitrogens with one attached hydrogen (secondary N) is 1. The summed E-state index contributed by atoms with van der Waals surface area (Å²) in [5.41, 5.74) is 2.00. The van der Waals surface area contributed by atoms with E-state index in [1.54, 1.807) is 4.90 Å². The zero-order valence-electron chi connectivity index (χ0n) is 16.0. The van der Waals surface area contributed by atoms with E-state index in [0.29, 0.717) is 19.5 Å². The number of benzene rings is 2. The first-order valence-corrected chi connectivity index (χ1v) is 9.41. The topological polar surface area (TPSA) is 52.7 Å². The summed E-state index contributed by atoms with van der Waals surface area (Å²) in [6.45, 7) is 1.10. The third-order valence-electron chi connectivity index (χ3n) is 5.01. The SMILES string of the molecule is CN(C)C(C(=O)N1CCCC1C(=O)NCc1ccccc1)c1ccccc1. The molecule has 27 heavy (non-hydrogen) atoms. The van der Waals surface area contributed by atoms with Gasteiger partial charge in [0, 0.05) is 13.1 Å². The zero-order chi connectivity index (χ0) is 19.2. The lowest BCUT2D eigenvalue weighted by Crippen LogP contribution is -2.49. The molecule has 0 saturated carbocycles. The first-order chi connectivity index (χ1) is 13.1. The quantitative estimate of drug-likeness (QED) is 0.856. The fraction of sp³-hybridized carbons (Fsp3) is 0.364. The number of rotatable bonds is 6. The van der Waals surface area contributed by atoms with Crippen molar-refractivity contribution >= 4 is 11.8 Å². The monoisotopic (exact) mass is 365 g/mol. The molecule has 0 bridgehead atoms. The van der Waals surface area contributed by atoms with Gasteiger partial charge in [-0.2, -0.15) is 0 Å². The molecule has 2 amide bonds. The lowest BCUT2D eigenvalue weighted by atomic mass is 10.0. The Bertz CT molecular complexity index is 762. The van der Waals surface area contributed by atoms with Gasteiger partial charge < -0.3 is 10.2 Å². The van der Waals surface area contributed by atoms with E-state index >= 15 is 0 Å². The van der Waals surface area contributed by atoms with Gasteiger partial charge in [-0.05, 0) is 38.1 Å². The third-order valence-corrected chi connectivity index (χ3v) is 5.01. The summed E-state index contributed by atoms with van der Waals surface area (Å²) in [4.78, 5) is 29.7. The second-order valence-electron chi connectivity index (χ2n) is 7.17. The Morgan fingerprint density at radius 2 is 1.70 bits per heavy atom. The Morgan fingerprint density at radius 3 is 2.33 bits per heavy atom. The van der Waals surface area contributed by atoms with Crippen LogP contribution in [0, 0.1) is 0 Å². The molecule has 5 nitrogen and oxygen atoms in total. The molecule has 1 fully saturated rings. The van der Waals surface area contributed by atoms with Gasteiger partial charge in [0.1, 0.15) is 12.1 Å². The van der Waals surface area contributed by atoms with E-state index in [1.165, 1.54) is 0 Å². The molecule has 1 heterocycles. The molecule has 2 atom stereocenters. The summed E-state index contributed by atoms with van der Waals surface area (Å²) in [6, 6.07) is 18.8. The minimum absolute atomic E-state index is 0.0106. The highest BCUT2D eigenvalue weighted by molar-refractivity contribution is 5.91. The van der Waals surface area contributed by atoms with Crippen LogP contribution >= 0.6 is 0 Å². The van der Waals surface area contributed by atoms with E-state index in [0.717, 1.165) is 17.5 Å². The number of hydrogen-bond acceptors (Lipinski definition) is 3. The van der Waals surface area contributed by atoms with Crippen molar-refractivity contribution in [1.29, 1.82) is 0 Å². The van der Waals surface area contributed by atoms with E-state index in [4.69, 9.17) is 0 Å². The van der Waals surface area contributed by atoms with Gasteiger partial charge in [0.05, 0.1) is 0 Å². The summed E-state index contributed by atoms with van der Waals surface area (Å²) in [5, 5.41) is 2.99. The van der Waals surface area contributed by atoms with Crippen LogP contribution in [-0.2, 0) is 16.1 Å². The first-order valence-electron chi connectivity index (χ1n) is 9.41. The molecule has 0 aromatic heterocycles. The number of likely N-dealkylation sites (N-methyl/N-ethyl adjacent to an activating group) is 1. The van der Waals surface area contributed by atoms with Crippen LogP contribution < -0.4 is 5.32 Å². The predicted octanol–water partition coefficient (Wildman–Crippen LogP) is 2.60. The average molecular weight is 365 g/mol. The molecular weight excluding hydrogens is 338 g/mol. The minimum atomic E-state index is -0.396. The first kappa shape index (κ1) is 19.1. The van der Waals surface area contributed by atoms with Crippen LogP contribution in [0.1, 0.15) is 30.0 Å². The van der Waals surface area contributed by atoms with Crippen LogP contribution in [0.5, 0.6) is 0 Å². The molecule has 2 aromatic carbocycles. The van der Waals surface area contributed by atoms with Crippen molar-refractivity contribution < 1.29 is 9.59 Å². The number of carbonyl (C=O) groups excluding carboxylic acids is 2. The number of carbonyl (C=O) groups is 2. The summed E-state index contributed by atoms with van der Waals surface area (Å²) < 4.78 is 0. The highest BCUT2D eigenvalue weighted by Crippen LogP contribution is 2.26. The predicted molar refractivity (Wildman–Crippen MR) is 106 cm³/mol. The maximum atomic E-state index is 13.3. The van der Waals surface area contributed by atoms with E-state index in [9.17, 15) is 9.59 Å². The average Bonchev–Trinajstić information content (AvgIpc) is 3.17. The summed E-state index contributed by atoms with van der Waals surface area (Å²) in [6.07, 6.45) is 1.56. The van der Waals surface area contributed by atoms with Crippen molar-refractivity contribution in [2.24, 2.45) is 0 Å². The minimum Gasteiger partial charge on any atom is -0.350 e. The van der Waals surface area contributed by atoms with Crippen molar-refractivity contribution in [1.82, 2.24) is 15.1 Å². The van der Waals surface area contributed by atoms with Gasteiger partial charge >= 0.3 is 0 Å². The van der Waals surface area contributed by atoms with Crippen LogP contribution in [0.2, 0.25) is 0 Å². The maximum absolute atomic E-state index is 13.3. The Hall–Kier alpha value is -2.66. The summed E-state index contributed by atoms with van der Waals surface area (Å²) >= 11 is 0. The van der Waals surface area contributed by atoms with Gasteiger partial charge in [-0.1, -0.05) is 60.7 Å². The van der Waals surface area contributed by atoms with Gasteiger partial charge in [-0.3, -0.25) is 14.5 Å². The van der Waals surface area contributed by atoms with Crippen LogP contribution in [-0.4, -0.2) is 48.3 Å².